The van der Waals surface area contributed by atoms with Gasteiger partial charge in [0.1, 0.15) is 6.61 Å². The number of aromatic nitrogens is 3. The average Bonchev–Trinajstić information content (AvgIpc) is 2.95. The topological polar surface area (TPSA) is 92.3 Å². The molecule has 0 bridgehead atoms. The summed E-state index contributed by atoms with van der Waals surface area (Å²) in [4.78, 5) is 10.3. The van der Waals surface area contributed by atoms with Crippen LogP contribution in [-0.2, 0) is 23.1 Å². The molecule has 2 aromatic rings. The fourth-order valence-corrected chi connectivity index (χ4v) is 2.48. The minimum Gasteiger partial charge on any atom is -0.353 e. The summed E-state index contributed by atoms with van der Waals surface area (Å²) in [6.07, 6.45) is 2.90. The van der Waals surface area contributed by atoms with Crippen molar-refractivity contribution in [1.29, 1.82) is 0 Å². The van der Waals surface area contributed by atoms with Gasteiger partial charge in [-0.2, -0.15) is 0 Å². The van der Waals surface area contributed by atoms with Crippen molar-refractivity contribution in [3.8, 4) is 11.4 Å². The molecule has 1 aliphatic heterocycles. The maximum absolute atomic E-state index is 10.7. The van der Waals surface area contributed by atoms with Gasteiger partial charge >= 0.3 is 0 Å². The molecule has 0 N–H and O–H groups in total. The molecule has 122 valence electrons. The molecule has 8 nitrogen and oxygen atoms in total. The quantitative estimate of drug-likeness (QED) is 0.621. The van der Waals surface area contributed by atoms with Crippen LogP contribution in [0.15, 0.2) is 24.3 Å². The van der Waals surface area contributed by atoms with Crippen LogP contribution in [0.25, 0.3) is 11.4 Å². The van der Waals surface area contributed by atoms with Gasteiger partial charge in [-0.15, -0.1) is 10.2 Å². The minimum absolute atomic E-state index is 0.0499. The van der Waals surface area contributed by atoms with Gasteiger partial charge in [0.05, 0.1) is 4.92 Å². The Kier molecular flexibility index (Phi) is 4.63. The molecular weight excluding hydrogens is 300 g/mol. The lowest BCUT2D eigenvalue weighted by Gasteiger charge is -2.22. The second-order valence-electron chi connectivity index (χ2n) is 5.41. The van der Waals surface area contributed by atoms with Gasteiger partial charge in [0.2, 0.25) is 0 Å². The molecule has 1 aromatic heterocycles. The Morgan fingerprint density at radius 1 is 1.35 bits per heavy atom. The summed E-state index contributed by atoms with van der Waals surface area (Å²) in [7, 11) is 1.84. The molecule has 1 aliphatic rings. The number of hydrogen-bond acceptors (Lipinski definition) is 6. The standard InChI is InChI=1S/C15H18N4O4/c1-18-13(10-23-14-4-2-3-9-22-14)16-17-15(18)11-5-7-12(8-6-11)19(20)21/h5-8,14H,2-4,9-10H2,1H3. The van der Waals surface area contributed by atoms with Gasteiger partial charge in [-0.3, -0.25) is 10.1 Å². The van der Waals surface area contributed by atoms with Gasteiger partial charge < -0.3 is 14.0 Å². The van der Waals surface area contributed by atoms with Crippen LogP contribution in [0.3, 0.4) is 0 Å². The lowest BCUT2D eigenvalue weighted by Crippen LogP contribution is -2.22. The highest BCUT2D eigenvalue weighted by Gasteiger charge is 2.17. The molecule has 0 saturated carbocycles. The van der Waals surface area contributed by atoms with Gasteiger partial charge in [0.15, 0.2) is 17.9 Å². The molecule has 3 rings (SSSR count). The number of non-ortho nitro benzene ring substituents is 1. The summed E-state index contributed by atoms with van der Waals surface area (Å²) in [6, 6.07) is 6.24. The van der Waals surface area contributed by atoms with E-state index in [9.17, 15) is 10.1 Å². The van der Waals surface area contributed by atoms with E-state index in [1.807, 2.05) is 11.6 Å². The van der Waals surface area contributed by atoms with Crippen molar-refractivity contribution >= 4 is 5.69 Å². The first-order chi connectivity index (χ1) is 11.1. The number of benzene rings is 1. The SMILES string of the molecule is Cn1c(COC2CCCCO2)nnc1-c1ccc([N+](=O)[O-])cc1. The van der Waals surface area contributed by atoms with E-state index in [4.69, 9.17) is 9.47 Å². The molecule has 2 heterocycles. The van der Waals surface area contributed by atoms with E-state index in [2.05, 4.69) is 10.2 Å². The summed E-state index contributed by atoms with van der Waals surface area (Å²) >= 11 is 0. The summed E-state index contributed by atoms with van der Waals surface area (Å²) in [5, 5.41) is 19.0. The zero-order chi connectivity index (χ0) is 16.2. The Labute approximate surface area is 133 Å². The van der Waals surface area contributed by atoms with Crippen LogP contribution in [0, 0.1) is 10.1 Å². The Bertz CT molecular complexity index is 677. The first kappa shape index (κ1) is 15.6. The van der Waals surface area contributed by atoms with Gasteiger partial charge in [-0.1, -0.05) is 0 Å². The Hall–Kier alpha value is -2.32. The van der Waals surface area contributed by atoms with Crippen LogP contribution >= 0.6 is 0 Å². The summed E-state index contributed by atoms with van der Waals surface area (Å²) < 4.78 is 13.1. The first-order valence-electron chi connectivity index (χ1n) is 7.51. The Morgan fingerprint density at radius 3 is 2.78 bits per heavy atom. The molecule has 0 aliphatic carbocycles. The monoisotopic (exact) mass is 318 g/mol. The Balaban J connectivity index is 1.69. The van der Waals surface area contributed by atoms with Crippen molar-refractivity contribution in [1.82, 2.24) is 14.8 Å². The summed E-state index contributed by atoms with van der Waals surface area (Å²) in [5.74, 6) is 1.33. The van der Waals surface area contributed by atoms with Crippen LogP contribution in [0.4, 0.5) is 5.69 Å². The largest absolute Gasteiger partial charge is 0.353 e. The molecule has 1 unspecified atom stereocenters. The number of hydrogen-bond donors (Lipinski definition) is 0. The van der Waals surface area contributed by atoms with Crippen molar-refractivity contribution in [2.75, 3.05) is 6.61 Å². The average molecular weight is 318 g/mol. The number of nitro groups is 1. The predicted octanol–water partition coefficient (Wildman–Crippen LogP) is 2.43. The summed E-state index contributed by atoms with van der Waals surface area (Å²) in [6.45, 7) is 1.05. The van der Waals surface area contributed by atoms with E-state index < -0.39 is 4.92 Å². The van der Waals surface area contributed by atoms with Gasteiger partial charge in [0, 0.05) is 31.4 Å². The fourth-order valence-electron chi connectivity index (χ4n) is 2.48. The maximum Gasteiger partial charge on any atom is 0.269 e. The highest BCUT2D eigenvalue weighted by Crippen LogP contribution is 2.22. The highest BCUT2D eigenvalue weighted by atomic mass is 16.7. The van der Waals surface area contributed by atoms with Crippen LogP contribution < -0.4 is 0 Å². The zero-order valence-electron chi connectivity index (χ0n) is 12.8. The minimum atomic E-state index is -0.427. The van der Waals surface area contributed by atoms with Crippen LogP contribution in [0.5, 0.6) is 0 Å². The van der Waals surface area contributed by atoms with Crippen LogP contribution in [0.2, 0.25) is 0 Å². The molecule has 0 spiro atoms. The predicted molar refractivity (Wildman–Crippen MR) is 81.5 cm³/mol. The number of ether oxygens (including phenoxy) is 2. The van der Waals surface area contributed by atoms with E-state index in [1.54, 1.807) is 12.1 Å². The molecule has 1 aromatic carbocycles. The van der Waals surface area contributed by atoms with Gasteiger partial charge in [0.25, 0.3) is 5.69 Å². The number of rotatable bonds is 5. The van der Waals surface area contributed by atoms with Crippen molar-refractivity contribution in [2.24, 2.45) is 7.05 Å². The third kappa shape index (κ3) is 3.54. The third-order valence-corrected chi connectivity index (χ3v) is 3.84. The fraction of sp³-hybridized carbons (Fsp3) is 0.467. The van der Waals surface area contributed by atoms with Crippen molar-refractivity contribution in [2.45, 2.75) is 32.2 Å². The molecule has 1 fully saturated rings. The maximum atomic E-state index is 10.7. The van der Waals surface area contributed by atoms with E-state index >= 15 is 0 Å². The van der Waals surface area contributed by atoms with Crippen LogP contribution in [0.1, 0.15) is 25.1 Å². The highest BCUT2D eigenvalue weighted by molar-refractivity contribution is 5.57. The van der Waals surface area contributed by atoms with Crippen molar-refractivity contribution in [3.63, 3.8) is 0 Å². The molecule has 1 atom stereocenters. The van der Waals surface area contributed by atoms with Gasteiger partial charge in [-0.25, -0.2) is 0 Å². The van der Waals surface area contributed by atoms with Crippen LogP contribution in [-0.4, -0.2) is 32.6 Å². The normalized spacial score (nSPS) is 18.0. The number of nitro benzene ring substituents is 1. The molecule has 0 amide bonds. The molecule has 1 saturated heterocycles. The van der Waals surface area contributed by atoms with E-state index in [1.165, 1.54) is 12.1 Å². The lowest BCUT2D eigenvalue weighted by molar-refractivity contribution is -0.384. The molecule has 8 heteroatoms. The van der Waals surface area contributed by atoms with E-state index in [0.29, 0.717) is 18.3 Å². The van der Waals surface area contributed by atoms with E-state index in [0.717, 1.165) is 31.4 Å². The molecule has 23 heavy (non-hydrogen) atoms. The third-order valence-electron chi connectivity index (χ3n) is 3.84. The molecular formula is C15H18N4O4. The van der Waals surface area contributed by atoms with E-state index in [-0.39, 0.29) is 12.0 Å². The number of nitrogens with zero attached hydrogens (tertiary/aromatic N) is 4. The first-order valence-corrected chi connectivity index (χ1v) is 7.51. The Morgan fingerprint density at radius 2 is 2.13 bits per heavy atom. The smallest absolute Gasteiger partial charge is 0.269 e. The summed E-state index contributed by atoms with van der Waals surface area (Å²) in [5.41, 5.74) is 0.819. The van der Waals surface area contributed by atoms with Crippen molar-refractivity contribution < 1.29 is 14.4 Å². The molecule has 0 radical (unpaired) electrons. The second kappa shape index (κ2) is 6.84. The van der Waals surface area contributed by atoms with Crippen molar-refractivity contribution in [3.05, 3.63) is 40.2 Å². The second-order valence-corrected chi connectivity index (χ2v) is 5.41. The zero-order valence-corrected chi connectivity index (χ0v) is 12.8. The lowest BCUT2D eigenvalue weighted by atomic mass is 10.2. The van der Waals surface area contributed by atoms with Gasteiger partial charge in [-0.05, 0) is 31.4 Å².